The van der Waals surface area contributed by atoms with Crippen LogP contribution < -0.4 is 0 Å². The molecule has 0 unspecified atom stereocenters. The van der Waals surface area contributed by atoms with Gasteiger partial charge in [-0.1, -0.05) is 41.8 Å². The molecule has 2 aromatic heterocycles. The van der Waals surface area contributed by atoms with Crippen molar-refractivity contribution < 1.29 is 0 Å². The summed E-state index contributed by atoms with van der Waals surface area (Å²) in [6.07, 6.45) is 5.01. The molecule has 3 nitrogen and oxygen atoms in total. The summed E-state index contributed by atoms with van der Waals surface area (Å²) >= 11 is 3.39. The van der Waals surface area contributed by atoms with Crippen LogP contribution in [-0.4, -0.2) is 27.7 Å². The molecule has 0 spiro atoms. The van der Waals surface area contributed by atoms with Crippen molar-refractivity contribution in [3.05, 3.63) is 75.2 Å². The van der Waals surface area contributed by atoms with Gasteiger partial charge in [-0.25, -0.2) is 9.97 Å². The van der Waals surface area contributed by atoms with E-state index in [-0.39, 0.29) is 0 Å². The number of thioether (sulfide) groups is 1. The molecule has 26 heavy (non-hydrogen) atoms. The molecule has 0 N–H and O–H groups in total. The normalized spacial score (nSPS) is 13.7. The van der Waals surface area contributed by atoms with Crippen LogP contribution in [0, 0.1) is 11.8 Å². The molecule has 3 aromatic rings. The van der Waals surface area contributed by atoms with Gasteiger partial charge in [0, 0.05) is 48.3 Å². The van der Waals surface area contributed by atoms with Crippen molar-refractivity contribution in [2.75, 3.05) is 12.8 Å². The summed E-state index contributed by atoms with van der Waals surface area (Å²) in [5.41, 5.74) is 3.52. The molecule has 0 radical (unpaired) electrons. The number of benzene rings is 1. The van der Waals surface area contributed by atoms with Crippen molar-refractivity contribution in [2.24, 2.45) is 0 Å². The molecule has 1 aliphatic rings. The van der Waals surface area contributed by atoms with Gasteiger partial charge in [0.1, 0.15) is 0 Å². The fourth-order valence-electron chi connectivity index (χ4n) is 3.00. The third-order valence-electron chi connectivity index (χ3n) is 4.32. The molecule has 0 fully saturated rings. The number of nitrogens with zero attached hydrogens (tertiary/aromatic N) is 3. The second-order valence-corrected chi connectivity index (χ2v) is 8.11. The van der Waals surface area contributed by atoms with E-state index in [0.29, 0.717) is 0 Å². The Hall–Kier alpha value is -2.13. The van der Waals surface area contributed by atoms with Gasteiger partial charge in [0.25, 0.3) is 0 Å². The predicted octanol–water partition coefficient (Wildman–Crippen LogP) is 4.22. The number of rotatable bonds is 3. The highest BCUT2D eigenvalue weighted by Gasteiger charge is 2.18. The number of aromatic nitrogens is 2. The highest BCUT2D eigenvalue weighted by atomic mass is 32.2. The summed E-state index contributed by atoms with van der Waals surface area (Å²) < 4.78 is 0. The number of thiophene rings is 1. The first-order chi connectivity index (χ1) is 12.8. The average molecular weight is 378 g/mol. The molecule has 3 heterocycles. The lowest BCUT2D eigenvalue weighted by molar-refractivity contribution is 0.244. The minimum absolute atomic E-state index is 0.872. The fourth-order valence-corrected chi connectivity index (χ4v) is 4.26. The van der Waals surface area contributed by atoms with Crippen LogP contribution in [0.15, 0.2) is 53.8 Å². The highest BCUT2D eigenvalue weighted by Crippen LogP contribution is 2.23. The molecule has 1 aliphatic heterocycles. The summed E-state index contributed by atoms with van der Waals surface area (Å²) in [5, 5.41) is 0.872. The molecule has 130 valence electrons. The molecule has 0 saturated carbocycles. The number of hydrogen-bond acceptors (Lipinski definition) is 5. The summed E-state index contributed by atoms with van der Waals surface area (Å²) in [4.78, 5) is 14.0. The van der Waals surface area contributed by atoms with Gasteiger partial charge in [-0.2, -0.15) is 0 Å². The van der Waals surface area contributed by atoms with Gasteiger partial charge in [0.2, 0.25) is 0 Å². The largest absolute Gasteiger partial charge is 0.293 e. The minimum atomic E-state index is 0.872. The maximum atomic E-state index is 4.64. The van der Waals surface area contributed by atoms with Gasteiger partial charge in [0.05, 0.1) is 10.6 Å². The predicted molar refractivity (Wildman–Crippen MR) is 108 cm³/mol. The molecule has 1 aromatic carbocycles. The Kier molecular flexibility index (Phi) is 5.35. The van der Waals surface area contributed by atoms with Crippen LogP contribution in [0.3, 0.4) is 0 Å². The maximum Gasteiger partial charge on any atom is 0.187 e. The standard InChI is InChI=1S/C21H19N3S2/c1-25-21-22-13-17-14-24(12-11-20(17)23-21)15-19-10-9-18(26-19)8-7-16-5-3-2-4-6-16/h2-6,9-10,13H,11-12,14-15H2,1H3. The smallest absolute Gasteiger partial charge is 0.187 e. The zero-order valence-corrected chi connectivity index (χ0v) is 16.2. The van der Waals surface area contributed by atoms with Gasteiger partial charge < -0.3 is 0 Å². The summed E-state index contributed by atoms with van der Waals surface area (Å²) in [7, 11) is 0. The van der Waals surface area contributed by atoms with Crippen molar-refractivity contribution in [3.63, 3.8) is 0 Å². The van der Waals surface area contributed by atoms with E-state index in [2.05, 4.69) is 38.8 Å². The van der Waals surface area contributed by atoms with Gasteiger partial charge in [-0.3, -0.25) is 4.90 Å². The molecule has 0 bridgehead atoms. The number of hydrogen-bond donors (Lipinski definition) is 0. The van der Waals surface area contributed by atoms with Crippen molar-refractivity contribution in [3.8, 4) is 11.8 Å². The Bertz CT molecular complexity index is 954. The Balaban J connectivity index is 1.41. The van der Waals surface area contributed by atoms with Gasteiger partial charge >= 0.3 is 0 Å². The summed E-state index contributed by atoms with van der Waals surface area (Å²) in [6.45, 7) is 2.93. The van der Waals surface area contributed by atoms with Crippen LogP contribution in [0.2, 0.25) is 0 Å². The van der Waals surface area contributed by atoms with E-state index >= 15 is 0 Å². The van der Waals surface area contributed by atoms with E-state index in [9.17, 15) is 0 Å². The molecule has 0 aliphatic carbocycles. The van der Waals surface area contributed by atoms with Crippen molar-refractivity contribution in [1.29, 1.82) is 0 Å². The SMILES string of the molecule is CSc1ncc2c(n1)CCN(Cc1ccc(C#Cc3ccccc3)s1)C2. The first-order valence-electron chi connectivity index (χ1n) is 8.57. The van der Waals surface area contributed by atoms with E-state index < -0.39 is 0 Å². The third kappa shape index (κ3) is 4.16. The van der Waals surface area contributed by atoms with E-state index in [1.807, 2.05) is 42.8 Å². The number of fused-ring (bicyclic) bond motifs is 1. The van der Waals surface area contributed by atoms with E-state index in [0.717, 1.165) is 41.7 Å². The lowest BCUT2D eigenvalue weighted by atomic mass is 10.1. The lowest BCUT2D eigenvalue weighted by Crippen LogP contribution is -2.30. The van der Waals surface area contributed by atoms with Crippen LogP contribution in [0.25, 0.3) is 0 Å². The van der Waals surface area contributed by atoms with Crippen molar-refractivity contribution >= 4 is 23.1 Å². The molecule has 4 rings (SSSR count). The average Bonchev–Trinajstić information content (AvgIpc) is 3.14. The highest BCUT2D eigenvalue weighted by molar-refractivity contribution is 7.98. The molecular weight excluding hydrogens is 358 g/mol. The van der Waals surface area contributed by atoms with E-state index in [4.69, 9.17) is 0 Å². The monoisotopic (exact) mass is 377 g/mol. The Labute approximate surface area is 162 Å². The first-order valence-corrected chi connectivity index (χ1v) is 10.6. The lowest BCUT2D eigenvalue weighted by Gasteiger charge is -2.27. The maximum absolute atomic E-state index is 4.64. The summed E-state index contributed by atoms with van der Waals surface area (Å²) in [5.74, 6) is 6.50. The zero-order chi connectivity index (χ0) is 17.8. The van der Waals surface area contributed by atoms with Crippen LogP contribution in [0.4, 0.5) is 0 Å². The second-order valence-electron chi connectivity index (χ2n) is 6.17. The van der Waals surface area contributed by atoms with Crippen LogP contribution in [0.1, 0.15) is 26.6 Å². The first kappa shape index (κ1) is 17.3. The van der Waals surface area contributed by atoms with Crippen LogP contribution in [0.5, 0.6) is 0 Å². The van der Waals surface area contributed by atoms with Crippen LogP contribution >= 0.6 is 23.1 Å². The fraction of sp³-hybridized carbons (Fsp3) is 0.238. The second kappa shape index (κ2) is 8.05. The Morgan fingerprint density at radius 3 is 2.88 bits per heavy atom. The Morgan fingerprint density at radius 1 is 1.15 bits per heavy atom. The molecular formula is C21H19N3S2. The molecule has 5 heteroatoms. The van der Waals surface area contributed by atoms with Gasteiger partial charge in [-0.15, -0.1) is 11.3 Å². The topological polar surface area (TPSA) is 29.0 Å². The Morgan fingerprint density at radius 2 is 2.04 bits per heavy atom. The molecule has 0 atom stereocenters. The minimum Gasteiger partial charge on any atom is -0.293 e. The quantitative estimate of drug-likeness (QED) is 0.388. The molecule has 0 amide bonds. The van der Waals surface area contributed by atoms with Gasteiger partial charge in [-0.05, 0) is 30.5 Å². The summed E-state index contributed by atoms with van der Waals surface area (Å²) in [6, 6.07) is 14.4. The van der Waals surface area contributed by atoms with E-state index in [1.165, 1.54) is 16.1 Å². The van der Waals surface area contributed by atoms with E-state index in [1.54, 1.807) is 23.1 Å². The third-order valence-corrected chi connectivity index (χ3v) is 5.87. The van der Waals surface area contributed by atoms with Gasteiger partial charge in [0.15, 0.2) is 5.16 Å². The zero-order valence-electron chi connectivity index (χ0n) is 14.6. The van der Waals surface area contributed by atoms with Crippen LogP contribution in [-0.2, 0) is 19.5 Å². The molecule has 0 saturated heterocycles. The van der Waals surface area contributed by atoms with Crippen molar-refractivity contribution in [2.45, 2.75) is 24.7 Å². The van der Waals surface area contributed by atoms with Crippen molar-refractivity contribution in [1.82, 2.24) is 14.9 Å².